The van der Waals surface area contributed by atoms with Gasteiger partial charge in [-0.25, -0.2) is 9.97 Å². The van der Waals surface area contributed by atoms with Crippen molar-refractivity contribution < 1.29 is 4.79 Å². The number of nitrogens with zero attached hydrogens (tertiary/aromatic N) is 3. The number of hydrogen-bond acceptors (Lipinski definition) is 5. The number of ketones is 1. The van der Waals surface area contributed by atoms with Gasteiger partial charge in [0.25, 0.3) is 0 Å². The molecule has 0 radical (unpaired) electrons. The van der Waals surface area contributed by atoms with Crippen molar-refractivity contribution in [1.82, 2.24) is 9.97 Å². The third-order valence-electron chi connectivity index (χ3n) is 2.91. The molecule has 0 N–H and O–H groups in total. The van der Waals surface area contributed by atoms with Crippen molar-refractivity contribution >= 4 is 23.5 Å². The molecule has 92 valence electrons. The number of thioether (sulfide) groups is 1. The molecule has 1 aliphatic rings. The van der Waals surface area contributed by atoms with Gasteiger partial charge in [0.2, 0.25) is 5.95 Å². The summed E-state index contributed by atoms with van der Waals surface area (Å²) < 4.78 is 0. The van der Waals surface area contributed by atoms with E-state index in [1.54, 1.807) is 6.92 Å². The molecule has 2 rings (SSSR count). The molecule has 0 atom stereocenters. The van der Waals surface area contributed by atoms with Gasteiger partial charge in [0.1, 0.15) is 0 Å². The normalized spacial score (nSPS) is 16.1. The molecule has 2 heterocycles. The molecule has 0 saturated carbocycles. The number of rotatable bonds is 2. The lowest BCUT2D eigenvalue weighted by atomic mass is 10.1. The zero-order valence-corrected chi connectivity index (χ0v) is 11.3. The molecule has 1 aromatic heterocycles. The number of anilines is 1. The smallest absolute Gasteiger partial charge is 0.225 e. The maximum absolute atomic E-state index is 11.5. The van der Waals surface area contributed by atoms with Gasteiger partial charge in [0, 0.05) is 24.6 Å². The number of hydrogen-bond donors (Lipinski definition) is 0. The van der Waals surface area contributed by atoms with E-state index in [2.05, 4.69) is 14.9 Å². The van der Waals surface area contributed by atoms with Crippen molar-refractivity contribution in [2.75, 3.05) is 29.5 Å². The zero-order valence-electron chi connectivity index (χ0n) is 10.5. The van der Waals surface area contributed by atoms with E-state index < -0.39 is 0 Å². The second kappa shape index (κ2) is 5.04. The highest BCUT2D eigenvalue weighted by Gasteiger charge is 2.17. The van der Waals surface area contributed by atoms with Crippen LogP contribution in [0, 0.1) is 13.8 Å². The highest BCUT2D eigenvalue weighted by Crippen LogP contribution is 2.19. The van der Waals surface area contributed by atoms with Crippen LogP contribution < -0.4 is 4.90 Å². The number of aromatic nitrogens is 2. The highest BCUT2D eigenvalue weighted by atomic mass is 32.2. The van der Waals surface area contributed by atoms with Gasteiger partial charge in [0.05, 0.1) is 17.0 Å². The Morgan fingerprint density at radius 1 is 1.18 bits per heavy atom. The van der Waals surface area contributed by atoms with Crippen LogP contribution in [0.4, 0.5) is 5.95 Å². The maximum Gasteiger partial charge on any atom is 0.225 e. The van der Waals surface area contributed by atoms with Crippen molar-refractivity contribution in [3.63, 3.8) is 0 Å². The predicted octanol–water partition coefficient (Wildman–Crippen LogP) is 1.85. The van der Waals surface area contributed by atoms with E-state index in [0.29, 0.717) is 5.56 Å². The van der Waals surface area contributed by atoms with Gasteiger partial charge < -0.3 is 4.90 Å². The van der Waals surface area contributed by atoms with Crippen molar-refractivity contribution in [1.29, 1.82) is 0 Å². The quantitative estimate of drug-likeness (QED) is 0.751. The minimum Gasteiger partial charge on any atom is -0.339 e. The van der Waals surface area contributed by atoms with Crippen LogP contribution in [0.15, 0.2) is 0 Å². The van der Waals surface area contributed by atoms with Crippen molar-refractivity contribution in [3.05, 3.63) is 17.0 Å². The third kappa shape index (κ3) is 2.60. The lowest BCUT2D eigenvalue weighted by Gasteiger charge is -2.27. The Kier molecular flexibility index (Phi) is 3.66. The van der Waals surface area contributed by atoms with Crippen LogP contribution in [0.5, 0.6) is 0 Å². The van der Waals surface area contributed by atoms with Crippen molar-refractivity contribution in [2.45, 2.75) is 20.8 Å². The Balaban J connectivity index is 2.34. The van der Waals surface area contributed by atoms with Crippen LogP contribution in [0.1, 0.15) is 28.7 Å². The Hall–Kier alpha value is -1.10. The summed E-state index contributed by atoms with van der Waals surface area (Å²) >= 11 is 1.96. The van der Waals surface area contributed by atoms with Gasteiger partial charge in [-0.15, -0.1) is 0 Å². The number of carbonyl (C=O) groups excluding carboxylic acids is 1. The van der Waals surface area contributed by atoms with Gasteiger partial charge in [-0.2, -0.15) is 11.8 Å². The highest BCUT2D eigenvalue weighted by molar-refractivity contribution is 7.99. The molecule has 4 nitrogen and oxygen atoms in total. The molecule has 1 fully saturated rings. The maximum atomic E-state index is 11.5. The summed E-state index contributed by atoms with van der Waals surface area (Å²) in [5, 5.41) is 0. The Morgan fingerprint density at radius 3 is 2.18 bits per heavy atom. The van der Waals surface area contributed by atoms with E-state index in [-0.39, 0.29) is 5.78 Å². The topological polar surface area (TPSA) is 46.1 Å². The summed E-state index contributed by atoms with van der Waals surface area (Å²) in [6.45, 7) is 7.31. The Morgan fingerprint density at radius 2 is 1.71 bits per heavy atom. The summed E-state index contributed by atoms with van der Waals surface area (Å²) in [5.41, 5.74) is 2.25. The third-order valence-corrected chi connectivity index (χ3v) is 3.85. The Bertz CT molecular complexity index is 418. The van der Waals surface area contributed by atoms with Crippen LogP contribution in [0.25, 0.3) is 0 Å². The van der Waals surface area contributed by atoms with E-state index in [4.69, 9.17) is 0 Å². The molecule has 0 aromatic carbocycles. The first-order valence-corrected chi connectivity index (χ1v) is 6.94. The van der Waals surface area contributed by atoms with E-state index in [0.717, 1.165) is 41.9 Å². The van der Waals surface area contributed by atoms with Gasteiger partial charge in [-0.3, -0.25) is 4.79 Å². The van der Waals surface area contributed by atoms with E-state index in [1.165, 1.54) is 0 Å². The van der Waals surface area contributed by atoms with Crippen LogP contribution in [0.3, 0.4) is 0 Å². The molecule has 0 spiro atoms. The Labute approximate surface area is 106 Å². The van der Waals surface area contributed by atoms with Crippen LogP contribution in [-0.4, -0.2) is 40.3 Å². The molecular weight excluding hydrogens is 234 g/mol. The number of Topliss-reactive ketones (excluding diaryl/α,β-unsaturated/α-hetero) is 1. The molecule has 0 bridgehead atoms. The average Bonchev–Trinajstić information content (AvgIpc) is 2.28. The zero-order chi connectivity index (χ0) is 12.4. The first-order chi connectivity index (χ1) is 8.09. The lowest BCUT2D eigenvalue weighted by Crippen LogP contribution is -2.34. The molecule has 1 aliphatic heterocycles. The number of aryl methyl sites for hydroxylation is 2. The van der Waals surface area contributed by atoms with E-state index in [1.807, 2.05) is 25.6 Å². The van der Waals surface area contributed by atoms with Gasteiger partial charge in [-0.05, 0) is 20.8 Å². The second-order valence-corrected chi connectivity index (χ2v) is 5.45. The fraction of sp³-hybridized carbons (Fsp3) is 0.583. The summed E-state index contributed by atoms with van der Waals surface area (Å²) in [6, 6.07) is 0. The first kappa shape index (κ1) is 12.4. The standard InChI is InChI=1S/C12H17N3OS/c1-8-11(10(3)16)9(2)14-12(13-8)15-4-6-17-7-5-15/h4-7H2,1-3H3. The lowest BCUT2D eigenvalue weighted by molar-refractivity contribution is 0.101. The molecule has 1 saturated heterocycles. The SMILES string of the molecule is CC(=O)c1c(C)nc(N2CCSCC2)nc1C. The molecular formula is C12H17N3OS. The monoisotopic (exact) mass is 251 g/mol. The largest absolute Gasteiger partial charge is 0.339 e. The van der Waals surface area contributed by atoms with Crippen molar-refractivity contribution in [2.24, 2.45) is 0 Å². The fourth-order valence-corrected chi connectivity index (χ4v) is 3.02. The molecule has 0 amide bonds. The molecule has 0 aliphatic carbocycles. The van der Waals surface area contributed by atoms with Crippen LogP contribution in [-0.2, 0) is 0 Å². The predicted molar refractivity (Wildman–Crippen MR) is 71.0 cm³/mol. The summed E-state index contributed by atoms with van der Waals surface area (Å²) in [6.07, 6.45) is 0. The second-order valence-electron chi connectivity index (χ2n) is 4.23. The first-order valence-electron chi connectivity index (χ1n) is 5.78. The van der Waals surface area contributed by atoms with E-state index >= 15 is 0 Å². The summed E-state index contributed by atoms with van der Waals surface area (Å²) in [4.78, 5) is 22.6. The molecule has 17 heavy (non-hydrogen) atoms. The van der Waals surface area contributed by atoms with Crippen LogP contribution in [0.2, 0.25) is 0 Å². The van der Waals surface area contributed by atoms with Gasteiger partial charge in [-0.1, -0.05) is 0 Å². The van der Waals surface area contributed by atoms with Gasteiger partial charge >= 0.3 is 0 Å². The molecule has 0 unspecified atom stereocenters. The minimum absolute atomic E-state index is 0.0424. The van der Waals surface area contributed by atoms with Crippen molar-refractivity contribution in [3.8, 4) is 0 Å². The average molecular weight is 251 g/mol. The van der Waals surface area contributed by atoms with E-state index in [9.17, 15) is 4.79 Å². The summed E-state index contributed by atoms with van der Waals surface area (Å²) in [5.74, 6) is 3.05. The number of carbonyl (C=O) groups is 1. The minimum atomic E-state index is 0.0424. The summed E-state index contributed by atoms with van der Waals surface area (Å²) in [7, 11) is 0. The molecule has 1 aromatic rings. The molecule has 5 heteroatoms. The fourth-order valence-electron chi connectivity index (χ4n) is 2.11. The van der Waals surface area contributed by atoms with Crippen LogP contribution >= 0.6 is 11.8 Å². The van der Waals surface area contributed by atoms with Gasteiger partial charge in [0.15, 0.2) is 5.78 Å².